The third kappa shape index (κ3) is 4.91. The van der Waals surface area contributed by atoms with Gasteiger partial charge in [0.15, 0.2) is 9.84 Å². The molecule has 2 aliphatic rings. The van der Waals surface area contributed by atoms with Crippen molar-refractivity contribution in [2.75, 3.05) is 17.7 Å². The maximum Gasteiger partial charge on any atom is 0.325 e. The number of aromatic nitrogens is 1. The predicted molar refractivity (Wildman–Crippen MR) is 139 cm³/mol. The Balaban J connectivity index is 1.51. The quantitative estimate of drug-likeness (QED) is 0.455. The molecule has 0 radical (unpaired) electrons. The molecule has 190 valence electrons. The number of ether oxygens (including phenoxy) is 1. The van der Waals surface area contributed by atoms with Crippen molar-refractivity contribution in [3.63, 3.8) is 0 Å². The number of esters is 1. The lowest BCUT2D eigenvalue weighted by molar-refractivity contribution is -0.145. The molecule has 1 aromatic heterocycles. The van der Waals surface area contributed by atoms with Crippen LogP contribution in [0.2, 0.25) is 0 Å². The fraction of sp³-hybridized carbons (Fsp3) is 0.429. The van der Waals surface area contributed by atoms with Gasteiger partial charge in [0, 0.05) is 28.2 Å². The second-order valence-electron chi connectivity index (χ2n) is 10.4. The third-order valence-corrected chi connectivity index (χ3v) is 8.83. The molecule has 1 amide bonds. The summed E-state index contributed by atoms with van der Waals surface area (Å²) in [5.74, 6) is 0.276. The zero-order valence-electron chi connectivity index (χ0n) is 21.0. The first-order chi connectivity index (χ1) is 17.1. The average Bonchev–Trinajstić information content (AvgIpc) is 3.60. The standard InChI is InChI=1S/C28H32N2O5S/c1-17(2)16-35-27(31)15-30-18(3)23(13-19-4-9-26-21(12-19)10-11-36(26,33)34)24-14-22(7-8-25(24)30)29-28(32)20-5-6-20/h4,7-9,12,14,17,20H,5-6,10-11,13,15-16H2,1-3H3,(H,29,32). The lowest BCUT2D eigenvalue weighted by atomic mass is 9.99. The first kappa shape index (κ1) is 24.6. The molecular weight excluding hydrogens is 476 g/mol. The van der Waals surface area contributed by atoms with E-state index in [4.69, 9.17) is 4.74 Å². The molecule has 1 aliphatic carbocycles. The molecule has 0 atom stereocenters. The minimum absolute atomic E-state index is 0.0455. The Labute approximate surface area is 211 Å². The van der Waals surface area contributed by atoms with Crippen LogP contribution in [0, 0.1) is 18.8 Å². The number of nitrogens with one attached hydrogen (secondary N) is 1. The normalized spacial score (nSPS) is 16.3. The van der Waals surface area contributed by atoms with Gasteiger partial charge in [-0.1, -0.05) is 26.0 Å². The van der Waals surface area contributed by atoms with Gasteiger partial charge in [-0.15, -0.1) is 0 Å². The van der Waals surface area contributed by atoms with Gasteiger partial charge in [-0.2, -0.15) is 0 Å². The third-order valence-electron chi connectivity index (χ3n) is 7.02. The highest BCUT2D eigenvalue weighted by Crippen LogP contribution is 2.34. The molecule has 7 nitrogen and oxygen atoms in total. The molecule has 0 bridgehead atoms. The lowest BCUT2D eigenvalue weighted by Crippen LogP contribution is -2.17. The van der Waals surface area contributed by atoms with Gasteiger partial charge in [0.1, 0.15) is 6.54 Å². The molecule has 1 N–H and O–H groups in total. The van der Waals surface area contributed by atoms with Crippen molar-refractivity contribution in [2.45, 2.75) is 57.9 Å². The molecule has 0 spiro atoms. The number of sulfone groups is 1. The van der Waals surface area contributed by atoms with E-state index in [-0.39, 0.29) is 36.0 Å². The number of hydrogen-bond donors (Lipinski definition) is 1. The zero-order valence-corrected chi connectivity index (χ0v) is 21.8. The van der Waals surface area contributed by atoms with Gasteiger partial charge in [-0.25, -0.2) is 8.42 Å². The van der Waals surface area contributed by atoms with Gasteiger partial charge in [0.05, 0.1) is 17.3 Å². The summed E-state index contributed by atoms with van der Waals surface area (Å²) < 4.78 is 31.9. The predicted octanol–water partition coefficient (Wildman–Crippen LogP) is 4.42. The molecule has 1 fully saturated rings. The van der Waals surface area contributed by atoms with Crippen molar-refractivity contribution in [1.29, 1.82) is 0 Å². The Hall–Kier alpha value is -3.13. The monoisotopic (exact) mass is 508 g/mol. The van der Waals surface area contributed by atoms with E-state index < -0.39 is 9.84 Å². The second kappa shape index (κ2) is 9.39. The van der Waals surface area contributed by atoms with E-state index in [1.807, 2.05) is 55.7 Å². The highest BCUT2D eigenvalue weighted by Gasteiger charge is 2.30. The van der Waals surface area contributed by atoms with Crippen LogP contribution in [0.1, 0.15) is 49.1 Å². The molecule has 1 aliphatic heterocycles. The van der Waals surface area contributed by atoms with Crippen LogP contribution in [0.4, 0.5) is 5.69 Å². The van der Waals surface area contributed by atoms with Gasteiger partial charge >= 0.3 is 5.97 Å². The summed E-state index contributed by atoms with van der Waals surface area (Å²) >= 11 is 0. The van der Waals surface area contributed by atoms with Crippen molar-refractivity contribution in [1.82, 2.24) is 4.57 Å². The van der Waals surface area contributed by atoms with E-state index in [0.29, 0.717) is 24.3 Å². The van der Waals surface area contributed by atoms with Gasteiger partial charge in [0.25, 0.3) is 0 Å². The molecule has 0 unspecified atom stereocenters. The summed E-state index contributed by atoms with van der Waals surface area (Å²) in [6.07, 6.45) is 2.98. The van der Waals surface area contributed by atoms with E-state index in [9.17, 15) is 18.0 Å². The van der Waals surface area contributed by atoms with E-state index in [0.717, 1.165) is 51.8 Å². The molecule has 3 aromatic rings. The molecule has 2 heterocycles. The van der Waals surface area contributed by atoms with E-state index >= 15 is 0 Å². The number of fused-ring (bicyclic) bond motifs is 2. The first-order valence-corrected chi connectivity index (χ1v) is 14.2. The Morgan fingerprint density at radius 3 is 2.64 bits per heavy atom. The smallest absolute Gasteiger partial charge is 0.325 e. The summed E-state index contributed by atoms with van der Waals surface area (Å²) in [7, 11) is -3.17. The van der Waals surface area contributed by atoms with Gasteiger partial charge in [-0.05, 0) is 79.5 Å². The molecule has 8 heteroatoms. The summed E-state index contributed by atoms with van der Waals surface area (Å²) in [4.78, 5) is 25.4. The van der Waals surface area contributed by atoms with Crippen molar-refractivity contribution in [3.05, 3.63) is 58.8 Å². The van der Waals surface area contributed by atoms with Crippen LogP contribution in [0.25, 0.3) is 10.9 Å². The van der Waals surface area contributed by atoms with Gasteiger partial charge in [0.2, 0.25) is 5.91 Å². The molecule has 5 rings (SSSR count). The van der Waals surface area contributed by atoms with E-state index in [2.05, 4.69) is 5.32 Å². The van der Waals surface area contributed by atoms with Crippen LogP contribution in [0.5, 0.6) is 0 Å². The SMILES string of the molecule is Cc1c(Cc2ccc3c(c2)CCS3(=O)=O)c2cc(NC(=O)C3CC3)ccc2n1CC(=O)OCC(C)C. The molecule has 0 saturated heterocycles. The maximum atomic E-state index is 12.6. The molecule has 1 saturated carbocycles. The van der Waals surface area contributed by atoms with Crippen LogP contribution < -0.4 is 5.32 Å². The average molecular weight is 509 g/mol. The topological polar surface area (TPSA) is 94.5 Å². The summed E-state index contributed by atoms with van der Waals surface area (Å²) in [5, 5.41) is 3.99. The van der Waals surface area contributed by atoms with Gasteiger partial charge in [-0.3, -0.25) is 9.59 Å². The van der Waals surface area contributed by atoms with Crippen molar-refractivity contribution >= 4 is 38.3 Å². The lowest BCUT2D eigenvalue weighted by Gasteiger charge is -2.11. The van der Waals surface area contributed by atoms with E-state index in [1.165, 1.54) is 0 Å². The summed E-state index contributed by atoms with van der Waals surface area (Å²) in [6.45, 7) is 6.47. The number of nitrogens with zero attached hydrogens (tertiary/aromatic N) is 1. The van der Waals surface area contributed by atoms with Crippen LogP contribution in [-0.4, -0.2) is 37.2 Å². The zero-order chi connectivity index (χ0) is 25.6. The Kier molecular flexibility index (Phi) is 6.41. The van der Waals surface area contributed by atoms with Crippen LogP contribution >= 0.6 is 0 Å². The largest absolute Gasteiger partial charge is 0.464 e. The minimum Gasteiger partial charge on any atom is -0.464 e. The minimum atomic E-state index is -3.17. The summed E-state index contributed by atoms with van der Waals surface area (Å²) in [5.41, 5.74) is 5.51. The second-order valence-corrected chi connectivity index (χ2v) is 12.5. The van der Waals surface area contributed by atoms with Crippen molar-refractivity contribution < 1.29 is 22.7 Å². The Morgan fingerprint density at radius 2 is 1.92 bits per heavy atom. The Morgan fingerprint density at radius 1 is 1.14 bits per heavy atom. The molecule has 2 aromatic carbocycles. The number of aryl methyl sites for hydroxylation is 1. The van der Waals surface area contributed by atoms with Crippen molar-refractivity contribution in [3.8, 4) is 0 Å². The first-order valence-electron chi connectivity index (χ1n) is 12.5. The number of rotatable bonds is 8. The fourth-order valence-electron chi connectivity index (χ4n) is 4.88. The maximum absolute atomic E-state index is 12.6. The summed E-state index contributed by atoms with van der Waals surface area (Å²) in [6, 6.07) is 11.4. The van der Waals surface area contributed by atoms with Crippen LogP contribution in [0.15, 0.2) is 41.3 Å². The van der Waals surface area contributed by atoms with Crippen LogP contribution in [-0.2, 0) is 43.5 Å². The van der Waals surface area contributed by atoms with E-state index in [1.54, 1.807) is 6.07 Å². The highest BCUT2D eigenvalue weighted by atomic mass is 32.2. The fourth-order valence-corrected chi connectivity index (χ4v) is 6.42. The van der Waals surface area contributed by atoms with Crippen LogP contribution in [0.3, 0.4) is 0 Å². The number of hydrogen-bond acceptors (Lipinski definition) is 5. The molecule has 36 heavy (non-hydrogen) atoms. The molecular formula is C28H32N2O5S. The Bertz CT molecular complexity index is 1460. The number of carbonyl (C=O) groups is 2. The number of benzene rings is 2. The number of amides is 1. The van der Waals surface area contributed by atoms with Gasteiger partial charge < -0.3 is 14.6 Å². The van der Waals surface area contributed by atoms with Crippen molar-refractivity contribution in [2.24, 2.45) is 11.8 Å². The number of carbonyl (C=O) groups excluding carboxylic acids is 2. The highest BCUT2D eigenvalue weighted by molar-refractivity contribution is 7.91. The number of anilines is 1.